The largest absolute Gasteiger partial charge is 2.00 e. The fourth-order valence-electron chi connectivity index (χ4n) is 0. The number of rotatable bonds is 0. The van der Waals surface area contributed by atoms with Crippen molar-refractivity contribution in [2.24, 2.45) is 0 Å². The zero-order valence-corrected chi connectivity index (χ0v) is 8.89. The molecule has 0 rings (SSSR count). The molecule has 8 heavy (non-hydrogen) atoms. The van der Waals surface area contributed by atoms with Crippen molar-refractivity contribution in [3.05, 3.63) is 0 Å². The Kier molecular flexibility index (Phi) is 26.5. The molecule has 0 fully saturated rings. The van der Waals surface area contributed by atoms with Crippen molar-refractivity contribution >= 4 is 54.0 Å². The molecule has 0 aromatic rings. The molecule has 0 unspecified atom stereocenters. The summed E-state index contributed by atoms with van der Waals surface area (Å²) in [5.41, 5.74) is 0. The molecule has 0 bridgehead atoms. The van der Waals surface area contributed by atoms with Gasteiger partial charge in [-0.2, -0.15) is 7.82 Å². The molecule has 0 spiro atoms. The minimum absolute atomic E-state index is 0. The van der Waals surface area contributed by atoms with Gasteiger partial charge in [-0.1, -0.05) is 0 Å². The first kappa shape index (κ1) is 22.4. The van der Waals surface area contributed by atoms with E-state index in [2.05, 4.69) is 0 Å². The van der Waals surface area contributed by atoms with E-state index in [-0.39, 0.29) is 75.7 Å². The van der Waals surface area contributed by atoms with Crippen LogP contribution in [-0.2, 0) is 4.57 Å². The molecular formula is H3BCaNaO4P. The van der Waals surface area contributed by atoms with Crippen LogP contribution in [0.5, 0.6) is 0 Å². The zero-order chi connectivity index (χ0) is 4.50. The van der Waals surface area contributed by atoms with Crippen LogP contribution in [0.4, 0.5) is 0 Å². The molecule has 0 aliphatic heterocycles. The van der Waals surface area contributed by atoms with Crippen LogP contribution in [-0.4, -0.2) is 46.2 Å². The molecule has 0 aromatic heterocycles. The Bertz CT molecular complexity index is 62.2. The van der Waals surface area contributed by atoms with E-state index in [4.69, 9.17) is 19.2 Å². The molecule has 8 heteroatoms. The molecule has 38 valence electrons. The van der Waals surface area contributed by atoms with E-state index in [1.165, 1.54) is 0 Å². The van der Waals surface area contributed by atoms with Crippen molar-refractivity contribution in [3.63, 3.8) is 0 Å². The van der Waals surface area contributed by atoms with Gasteiger partial charge in [0, 0.05) is 0 Å². The predicted molar refractivity (Wildman–Crippen MR) is 23.3 cm³/mol. The Balaban J connectivity index is -0.0000000267. The second-order valence-electron chi connectivity index (χ2n) is 0.447. The standard InChI is InChI=1S/BH3.Ca.Na.H3O4P/c;;;1-5(2,3)4/h1H3;;;(H3,1,2,3,4)/q;+2;+1;/p-3. The van der Waals surface area contributed by atoms with Gasteiger partial charge in [-0.15, -0.1) is 0 Å². The summed E-state index contributed by atoms with van der Waals surface area (Å²) in [5, 5.41) is 0. The Morgan fingerprint density at radius 2 is 1.12 bits per heavy atom. The van der Waals surface area contributed by atoms with Gasteiger partial charge in [0.1, 0.15) is 0 Å². The van der Waals surface area contributed by atoms with E-state index in [1.807, 2.05) is 0 Å². The first-order valence-electron chi connectivity index (χ1n) is 0.730. The van der Waals surface area contributed by atoms with Gasteiger partial charge in [0.05, 0.1) is 8.41 Å². The van der Waals surface area contributed by atoms with E-state index >= 15 is 0 Å². The van der Waals surface area contributed by atoms with Gasteiger partial charge in [0.2, 0.25) is 0 Å². The molecule has 0 radical (unpaired) electrons. The average Bonchev–Trinajstić information content (AvgIpc) is 0.722. The van der Waals surface area contributed by atoms with Gasteiger partial charge in [0.25, 0.3) is 0 Å². The second-order valence-corrected chi connectivity index (χ2v) is 1.34. The van der Waals surface area contributed by atoms with Crippen LogP contribution in [0.3, 0.4) is 0 Å². The van der Waals surface area contributed by atoms with Gasteiger partial charge in [-0.05, 0) is 0 Å². The van der Waals surface area contributed by atoms with Crippen LogP contribution in [0.15, 0.2) is 0 Å². The van der Waals surface area contributed by atoms with Crippen molar-refractivity contribution in [1.82, 2.24) is 0 Å². The number of hydrogen-bond donors (Lipinski definition) is 0. The van der Waals surface area contributed by atoms with Crippen LogP contribution in [0.25, 0.3) is 0 Å². The van der Waals surface area contributed by atoms with Gasteiger partial charge >= 0.3 is 67.3 Å². The molecular weight excluding hydrogens is 169 g/mol. The Morgan fingerprint density at radius 1 is 1.12 bits per heavy atom. The molecule has 0 aromatic carbocycles. The van der Waals surface area contributed by atoms with Gasteiger partial charge in [-0.3, -0.25) is 0 Å². The molecule has 0 saturated heterocycles. The molecule has 4 nitrogen and oxygen atoms in total. The van der Waals surface area contributed by atoms with E-state index < -0.39 is 7.82 Å². The molecule has 0 aliphatic carbocycles. The minimum atomic E-state index is -5.39. The Morgan fingerprint density at radius 3 is 1.12 bits per heavy atom. The quantitative estimate of drug-likeness (QED) is 0.268. The summed E-state index contributed by atoms with van der Waals surface area (Å²) in [4.78, 5) is 25.6. The Hall–Kier alpha value is 2.43. The first-order chi connectivity index (χ1) is 2.00. The summed E-state index contributed by atoms with van der Waals surface area (Å²) in [6.45, 7) is 0. The summed E-state index contributed by atoms with van der Waals surface area (Å²) in [6.07, 6.45) is 0. The van der Waals surface area contributed by atoms with E-state index in [9.17, 15) is 0 Å². The SMILES string of the molecule is B.O=P([O-])([O-])[O-].[Ca+2].[Na+]. The molecule has 0 saturated carbocycles. The summed E-state index contributed by atoms with van der Waals surface area (Å²) < 4.78 is 8.55. The molecule has 0 aliphatic rings. The first-order valence-corrected chi connectivity index (χ1v) is 2.19. The van der Waals surface area contributed by atoms with Crippen LogP contribution in [0, 0.1) is 0 Å². The fourth-order valence-corrected chi connectivity index (χ4v) is 0. The maximum Gasteiger partial charge on any atom is 2.00 e. The van der Waals surface area contributed by atoms with Crippen molar-refractivity contribution in [2.75, 3.05) is 0 Å². The van der Waals surface area contributed by atoms with E-state index in [0.29, 0.717) is 0 Å². The zero-order valence-electron chi connectivity index (χ0n) is 3.79. The molecule has 0 heterocycles. The molecule has 0 atom stereocenters. The van der Waals surface area contributed by atoms with Crippen molar-refractivity contribution in [2.45, 2.75) is 0 Å². The van der Waals surface area contributed by atoms with Crippen LogP contribution in [0.2, 0.25) is 0 Å². The maximum atomic E-state index is 8.55. The minimum Gasteiger partial charge on any atom is -0.822 e. The summed E-state index contributed by atoms with van der Waals surface area (Å²) in [6, 6.07) is 0. The molecule has 0 N–H and O–H groups in total. The van der Waals surface area contributed by atoms with E-state index in [0.717, 1.165) is 0 Å². The van der Waals surface area contributed by atoms with Gasteiger partial charge in [0.15, 0.2) is 0 Å². The van der Waals surface area contributed by atoms with Crippen molar-refractivity contribution < 1.29 is 48.8 Å². The van der Waals surface area contributed by atoms with E-state index in [1.54, 1.807) is 0 Å². The summed E-state index contributed by atoms with van der Waals surface area (Å²) >= 11 is 0. The number of hydrogen-bond acceptors (Lipinski definition) is 4. The third kappa shape index (κ3) is 78.7. The van der Waals surface area contributed by atoms with Crippen LogP contribution >= 0.6 is 7.82 Å². The van der Waals surface area contributed by atoms with Crippen molar-refractivity contribution in [3.8, 4) is 0 Å². The fraction of sp³-hybridized carbons (Fsp3) is 0. The van der Waals surface area contributed by atoms with Crippen LogP contribution < -0.4 is 44.2 Å². The second kappa shape index (κ2) is 9.43. The van der Waals surface area contributed by atoms with Crippen LogP contribution in [0.1, 0.15) is 0 Å². The summed E-state index contributed by atoms with van der Waals surface area (Å²) in [7, 11) is -5.39. The van der Waals surface area contributed by atoms with Gasteiger partial charge in [-0.25, -0.2) is 0 Å². The topological polar surface area (TPSA) is 86.2 Å². The summed E-state index contributed by atoms with van der Waals surface area (Å²) in [5.74, 6) is 0. The van der Waals surface area contributed by atoms with Gasteiger partial charge < -0.3 is 19.2 Å². The predicted octanol–water partition coefficient (Wildman–Crippen LogP) is -7.39. The monoisotopic (exact) mass is 172 g/mol. The molecule has 0 amide bonds. The Labute approximate surface area is 101 Å². The average molecular weight is 172 g/mol. The van der Waals surface area contributed by atoms with Crippen molar-refractivity contribution in [1.29, 1.82) is 0 Å². The smallest absolute Gasteiger partial charge is 0.822 e. The third-order valence-electron chi connectivity index (χ3n) is 0. The third-order valence-corrected chi connectivity index (χ3v) is 0. The number of phosphoric acid groups is 1. The maximum absolute atomic E-state index is 8.55. The normalized spacial score (nSPS) is 7.38.